The van der Waals surface area contributed by atoms with Gasteiger partial charge in [0.1, 0.15) is 0 Å². The average molecular weight is 308 g/mol. The number of nitrogens with two attached hydrogens (primary N) is 2. The minimum Gasteiger partial charge on any atom is -0.355 e. The van der Waals surface area contributed by atoms with E-state index in [1.54, 1.807) is 21.6 Å². The molecule has 0 heterocycles. The lowest BCUT2D eigenvalue weighted by Crippen LogP contribution is -2.42. The van der Waals surface area contributed by atoms with Crippen LogP contribution in [0.5, 0.6) is 0 Å². The largest absolute Gasteiger partial charge is 0.355 e. The highest BCUT2D eigenvalue weighted by molar-refractivity contribution is 8.76. The Morgan fingerprint density at radius 3 is 2.53 bits per heavy atom. The van der Waals surface area contributed by atoms with Crippen LogP contribution in [0.2, 0.25) is 0 Å². The van der Waals surface area contributed by atoms with Crippen LogP contribution in [-0.4, -0.2) is 36.5 Å². The van der Waals surface area contributed by atoms with E-state index in [4.69, 9.17) is 11.5 Å². The van der Waals surface area contributed by atoms with E-state index in [-0.39, 0.29) is 5.91 Å². The second kappa shape index (κ2) is 14.5. The van der Waals surface area contributed by atoms with E-state index in [1.807, 2.05) is 0 Å². The van der Waals surface area contributed by atoms with Crippen molar-refractivity contribution >= 4 is 27.5 Å². The summed E-state index contributed by atoms with van der Waals surface area (Å²) in [5.41, 5.74) is 11.2. The number of carbonyl (C=O) groups is 1. The molecule has 1 amide bonds. The Bertz CT molecular complexity index is 218. The molecule has 1 atom stereocenters. The van der Waals surface area contributed by atoms with Crippen molar-refractivity contribution in [2.24, 2.45) is 11.5 Å². The van der Waals surface area contributed by atoms with Gasteiger partial charge in [0.15, 0.2) is 0 Å². The van der Waals surface area contributed by atoms with Crippen LogP contribution in [0.3, 0.4) is 0 Å². The first-order valence-electron chi connectivity index (χ1n) is 7.20. The van der Waals surface area contributed by atoms with Crippen LogP contribution in [0, 0.1) is 0 Å². The summed E-state index contributed by atoms with van der Waals surface area (Å²) >= 11 is 0. The highest BCUT2D eigenvalue weighted by Crippen LogP contribution is 2.20. The van der Waals surface area contributed by atoms with Crippen molar-refractivity contribution in [2.75, 3.05) is 24.6 Å². The lowest BCUT2D eigenvalue weighted by molar-refractivity contribution is -0.121. The van der Waals surface area contributed by atoms with Gasteiger partial charge in [-0.2, -0.15) is 0 Å². The fraction of sp³-hybridized carbons (Fsp3) is 0.923. The molecule has 1 unspecified atom stereocenters. The van der Waals surface area contributed by atoms with Crippen LogP contribution < -0.4 is 16.8 Å². The number of amides is 1. The van der Waals surface area contributed by atoms with Gasteiger partial charge in [0.2, 0.25) is 5.91 Å². The van der Waals surface area contributed by atoms with Gasteiger partial charge in [-0.05, 0) is 6.42 Å². The second-order valence-electron chi connectivity index (χ2n) is 4.56. The average Bonchev–Trinajstić information content (AvgIpc) is 2.42. The quantitative estimate of drug-likeness (QED) is 0.359. The Balaban J connectivity index is 3.36. The van der Waals surface area contributed by atoms with Gasteiger partial charge in [-0.15, -0.1) is 0 Å². The molecule has 0 spiro atoms. The molecule has 114 valence electrons. The van der Waals surface area contributed by atoms with Gasteiger partial charge >= 0.3 is 0 Å². The number of unbranched alkanes of at least 4 members (excludes halogenated alkanes) is 5. The molecule has 0 saturated heterocycles. The van der Waals surface area contributed by atoms with Crippen molar-refractivity contribution in [1.29, 1.82) is 0 Å². The van der Waals surface area contributed by atoms with Gasteiger partial charge in [-0.3, -0.25) is 4.79 Å². The molecule has 0 aliphatic carbocycles. The Labute approximate surface area is 125 Å². The van der Waals surface area contributed by atoms with Gasteiger partial charge in [0.05, 0.1) is 6.04 Å². The zero-order valence-electron chi connectivity index (χ0n) is 12.0. The molecule has 0 aromatic rings. The van der Waals surface area contributed by atoms with Gasteiger partial charge in [-0.25, -0.2) is 0 Å². The van der Waals surface area contributed by atoms with E-state index in [9.17, 15) is 4.79 Å². The molecule has 0 bridgehead atoms. The summed E-state index contributed by atoms with van der Waals surface area (Å²) in [6.45, 7) is 3.63. The summed E-state index contributed by atoms with van der Waals surface area (Å²) in [5, 5.41) is 2.90. The zero-order valence-corrected chi connectivity index (χ0v) is 13.7. The third kappa shape index (κ3) is 12.9. The maximum Gasteiger partial charge on any atom is 0.237 e. The maximum absolute atomic E-state index is 11.7. The minimum absolute atomic E-state index is 0.0330. The fourth-order valence-electron chi connectivity index (χ4n) is 1.55. The summed E-state index contributed by atoms with van der Waals surface area (Å²) in [6.07, 6.45) is 7.40. The molecule has 0 radical (unpaired) electrons. The molecule has 0 aromatic heterocycles. The fourth-order valence-corrected chi connectivity index (χ4v) is 3.53. The molecule has 0 saturated carbocycles. The molecule has 0 aromatic carbocycles. The van der Waals surface area contributed by atoms with Crippen LogP contribution in [0.1, 0.15) is 45.4 Å². The molecule has 6 heteroatoms. The number of carbonyl (C=O) groups excluding carboxylic acids is 1. The number of hydrogen-bond acceptors (Lipinski definition) is 5. The monoisotopic (exact) mass is 307 g/mol. The lowest BCUT2D eigenvalue weighted by atomic mass is 10.1. The summed E-state index contributed by atoms with van der Waals surface area (Å²) in [4.78, 5) is 11.7. The topological polar surface area (TPSA) is 81.1 Å². The zero-order chi connectivity index (χ0) is 14.3. The molecule has 4 nitrogen and oxygen atoms in total. The van der Waals surface area contributed by atoms with E-state index in [0.717, 1.165) is 18.7 Å². The first kappa shape index (κ1) is 19.1. The van der Waals surface area contributed by atoms with Crippen LogP contribution in [0.25, 0.3) is 0 Å². The predicted octanol–water partition coefficient (Wildman–Crippen LogP) is 2.13. The Hall–Kier alpha value is 0.0900. The van der Waals surface area contributed by atoms with Crippen LogP contribution >= 0.6 is 21.6 Å². The van der Waals surface area contributed by atoms with Crippen molar-refractivity contribution in [3.8, 4) is 0 Å². The van der Waals surface area contributed by atoms with Crippen molar-refractivity contribution < 1.29 is 4.79 Å². The Morgan fingerprint density at radius 1 is 1.16 bits per heavy atom. The van der Waals surface area contributed by atoms with Crippen LogP contribution in [0.15, 0.2) is 0 Å². The van der Waals surface area contributed by atoms with E-state index in [0.29, 0.717) is 12.3 Å². The molecular weight excluding hydrogens is 278 g/mol. The summed E-state index contributed by atoms with van der Waals surface area (Å²) in [5.74, 6) is 1.51. The van der Waals surface area contributed by atoms with E-state index in [2.05, 4.69) is 12.2 Å². The molecule has 0 aliphatic rings. The van der Waals surface area contributed by atoms with E-state index < -0.39 is 6.04 Å². The van der Waals surface area contributed by atoms with Crippen molar-refractivity contribution in [3.05, 3.63) is 0 Å². The highest BCUT2D eigenvalue weighted by atomic mass is 33.1. The number of nitrogens with one attached hydrogen (secondary N) is 1. The molecule has 0 fully saturated rings. The first-order chi connectivity index (χ1) is 9.22. The third-order valence-electron chi connectivity index (χ3n) is 2.70. The standard InChI is InChI=1S/C13H29N3OS2/c1-2-3-4-5-6-7-9-16-13(17)12(15)11-19-18-10-8-14/h12H,2-11,14-15H2,1H3,(H,16,17). The molecule has 19 heavy (non-hydrogen) atoms. The maximum atomic E-state index is 11.7. The second-order valence-corrected chi connectivity index (χ2v) is 7.19. The Kier molecular flexibility index (Phi) is 14.6. The van der Waals surface area contributed by atoms with E-state index >= 15 is 0 Å². The number of hydrogen-bond donors (Lipinski definition) is 3. The Morgan fingerprint density at radius 2 is 1.84 bits per heavy atom. The van der Waals surface area contributed by atoms with Gasteiger partial charge < -0.3 is 16.8 Å². The summed E-state index contributed by atoms with van der Waals surface area (Å²) < 4.78 is 0. The highest BCUT2D eigenvalue weighted by Gasteiger charge is 2.12. The number of rotatable bonds is 13. The van der Waals surface area contributed by atoms with Crippen LogP contribution in [-0.2, 0) is 4.79 Å². The van der Waals surface area contributed by atoms with Gasteiger partial charge in [0, 0.05) is 24.6 Å². The van der Waals surface area contributed by atoms with Crippen LogP contribution in [0.4, 0.5) is 0 Å². The van der Waals surface area contributed by atoms with Gasteiger partial charge in [0.25, 0.3) is 0 Å². The van der Waals surface area contributed by atoms with Crippen molar-refractivity contribution in [1.82, 2.24) is 5.32 Å². The smallest absolute Gasteiger partial charge is 0.237 e. The summed E-state index contributed by atoms with van der Waals surface area (Å²) in [6, 6.07) is -0.407. The SMILES string of the molecule is CCCCCCCCNC(=O)C(N)CSSCCN. The first-order valence-corrected chi connectivity index (χ1v) is 9.69. The third-order valence-corrected chi connectivity index (χ3v) is 5.17. The molecule has 0 rings (SSSR count). The predicted molar refractivity (Wildman–Crippen MR) is 88.3 cm³/mol. The molecule has 5 N–H and O–H groups in total. The molecular formula is C13H29N3OS2. The normalized spacial score (nSPS) is 12.4. The van der Waals surface area contributed by atoms with E-state index in [1.165, 1.54) is 32.1 Å². The van der Waals surface area contributed by atoms with Crippen molar-refractivity contribution in [2.45, 2.75) is 51.5 Å². The van der Waals surface area contributed by atoms with Crippen molar-refractivity contribution in [3.63, 3.8) is 0 Å². The summed E-state index contributed by atoms with van der Waals surface area (Å²) in [7, 11) is 3.29. The molecule has 0 aliphatic heterocycles. The lowest BCUT2D eigenvalue weighted by Gasteiger charge is -2.11. The van der Waals surface area contributed by atoms with Gasteiger partial charge in [-0.1, -0.05) is 60.6 Å². The minimum atomic E-state index is -0.407.